The molecule has 0 fully saturated rings. The average Bonchev–Trinajstić information content (AvgIpc) is 2.53. The van der Waals surface area contributed by atoms with Crippen LogP contribution in [0.1, 0.15) is 0 Å². The van der Waals surface area contributed by atoms with Crippen molar-refractivity contribution in [2.24, 2.45) is 0 Å². The van der Waals surface area contributed by atoms with Crippen LogP contribution in [-0.4, -0.2) is 29.5 Å². The Labute approximate surface area is 129 Å². The van der Waals surface area contributed by atoms with Gasteiger partial charge in [-0.05, 0) is 36.5 Å². The molecule has 0 spiro atoms. The van der Waals surface area contributed by atoms with Crippen molar-refractivity contribution in [2.75, 3.05) is 18.5 Å². The van der Waals surface area contributed by atoms with E-state index in [1.165, 1.54) is 0 Å². The van der Waals surface area contributed by atoms with Crippen LogP contribution in [0.3, 0.4) is 0 Å². The van der Waals surface area contributed by atoms with Crippen LogP contribution < -0.4 is 15.4 Å². The predicted octanol–water partition coefficient (Wildman–Crippen LogP) is 2.41. The summed E-state index contributed by atoms with van der Waals surface area (Å²) in [6, 6.07) is 19.0. The molecule has 110 valence electrons. The number of hydrogen-bond acceptors (Lipinski definition) is 3. The summed E-state index contributed by atoms with van der Waals surface area (Å²) < 4.78 is 5.46. The van der Waals surface area contributed by atoms with Crippen LogP contribution in [-0.2, 0) is 0 Å². The molecule has 5 heteroatoms. The van der Waals surface area contributed by atoms with Gasteiger partial charge >= 0.3 is 0 Å². The van der Waals surface area contributed by atoms with Gasteiger partial charge < -0.3 is 20.5 Å². The number of nitrogens with one attached hydrogen (secondary N) is 2. The molecule has 2 aromatic rings. The molecule has 0 radical (unpaired) electrons. The summed E-state index contributed by atoms with van der Waals surface area (Å²) in [6.07, 6.45) is -0.638. The first kappa shape index (κ1) is 15.3. The van der Waals surface area contributed by atoms with Gasteiger partial charge in [0.1, 0.15) is 18.5 Å². The standard InChI is InChI=1S/C16H18N2O2S/c19-14(12-20-15-9-5-2-6-10-15)11-17-16(21)18-13-7-3-1-4-8-13/h1-10,14,19H,11-12H2,(H2,17,18,21). The summed E-state index contributed by atoms with van der Waals surface area (Å²) in [6.45, 7) is 0.538. The summed E-state index contributed by atoms with van der Waals surface area (Å²) in [7, 11) is 0. The average molecular weight is 302 g/mol. The van der Waals surface area contributed by atoms with E-state index in [-0.39, 0.29) is 6.61 Å². The smallest absolute Gasteiger partial charge is 0.170 e. The molecule has 0 aliphatic carbocycles. The maximum Gasteiger partial charge on any atom is 0.170 e. The number of ether oxygens (including phenoxy) is 1. The Hall–Kier alpha value is -2.11. The Morgan fingerprint density at radius 3 is 2.33 bits per heavy atom. The van der Waals surface area contributed by atoms with Gasteiger partial charge in [0.25, 0.3) is 0 Å². The van der Waals surface area contributed by atoms with E-state index in [0.717, 1.165) is 11.4 Å². The number of rotatable bonds is 6. The van der Waals surface area contributed by atoms with Crippen LogP contribution >= 0.6 is 12.2 Å². The van der Waals surface area contributed by atoms with Gasteiger partial charge in [0.05, 0.1) is 0 Å². The fourth-order valence-electron chi connectivity index (χ4n) is 1.68. The van der Waals surface area contributed by atoms with Gasteiger partial charge in [-0.25, -0.2) is 0 Å². The predicted molar refractivity (Wildman–Crippen MR) is 88.6 cm³/mol. The van der Waals surface area contributed by atoms with E-state index < -0.39 is 6.10 Å². The molecule has 1 unspecified atom stereocenters. The van der Waals surface area contributed by atoms with E-state index >= 15 is 0 Å². The highest BCUT2D eigenvalue weighted by Crippen LogP contribution is 2.08. The molecule has 0 amide bonds. The molecule has 0 saturated carbocycles. The first-order chi connectivity index (χ1) is 10.2. The normalized spacial score (nSPS) is 11.5. The lowest BCUT2D eigenvalue weighted by atomic mass is 10.3. The monoisotopic (exact) mass is 302 g/mol. The summed E-state index contributed by atoms with van der Waals surface area (Å²) in [5.41, 5.74) is 0.907. The van der Waals surface area contributed by atoms with Crippen LogP contribution in [0.5, 0.6) is 5.75 Å². The molecule has 3 N–H and O–H groups in total. The van der Waals surface area contributed by atoms with Crippen molar-refractivity contribution in [1.29, 1.82) is 0 Å². The van der Waals surface area contributed by atoms with Crippen LogP contribution in [0.4, 0.5) is 5.69 Å². The number of anilines is 1. The SMILES string of the molecule is OC(CNC(=S)Nc1ccccc1)COc1ccccc1. The zero-order chi connectivity index (χ0) is 14.9. The quantitative estimate of drug-likeness (QED) is 0.716. The maximum absolute atomic E-state index is 9.85. The molecule has 21 heavy (non-hydrogen) atoms. The highest BCUT2D eigenvalue weighted by atomic mass is 32.1. The molecule has 0 saturated heterocycles. The summed E-state index contributed by atoms with van der Waals surface area (Å²) >= 11 is 5.16. The Bertz CT molecular complexity index is 549. The van der Waals surface area contributed by atoms with Gasteiger partial charge in [0, 0.05) is 12.2 Å². The molecule has 0 bridgehead atoms. The van der Waals surface area contributed by atoms with Crippen molar-refractivity contribution < 1.29 is 9.84 Å². The van der Waals surface area contributed by atoms with Gasteiger partial charge in [0.15, 0.2) is 5.11 Å². The molecule has 2 aromatic carbocycles. The third kappa shape index (κ3) is 5.81. The maximum atomic E-state index is 9.85. The fraction of sp³-hybridized carbons (Fsp3) is 0.188. The van der Waals surface area contributed by atoms with Crippen molar-refractivity contribution in [2.45, 2.75) is 6.10 Å². The summed E-state index contributed by atoms with van der Waals surface area (Å²) in [4.78, 5) is 0. The molecular formula is C16H18N2O2S. The number of benzene rings is 2. The minimum absolute atomic E-state index is 0.213. The molecule has 0 aromatic heterocycles. The second kappa shape index (κ2) is 8.24. The van der Waals surface area contributed by atoms with E-state index in [9.17, 15) is 5.11 Å². The van der Waals surface area contributed by atoms with Gasteiger partial charge in [-0.15, -0.1) is 0 Å². The van der Waals surface area contributed by atoms with E-state index in [1.807, 2.05) is 60.7 Å². The lowest BCUT2D eigenvalue weighted by Gasteiger charge is -2.15. The largest absolute Gasteiger partial charge is 0.491 e. The molecule has 0 aliphatic heterocycles. The van der Waals surface area contributed by atoms with Gasteiger partial charge in [-0.2, -0.15) is 0 Å². The third-order valence-corrected chi connectivity index (χ3v) is 2.96. The van der Waals surface area contributed by atoms with E-state index in [4.69, 9.17) is 17.0 Å². The van der Waals surface area contributed by atoms with Crippen molar-refractivity contribution in [3.05, 3.63) is 60.7 Å². The number of thiocarbonyl (C=S) groups is 1. The first-order valence-electron chi connectivity index (χ1n) is 6.70. The molecule has 0 heterocycles. The van der Waals surface area contributed by atoms with Crippen molar-refractivity contribution in [3.8, 4) is 5.75 Å². The summed E-state index contributed by atoms with van der Waals surface area (Å²) in [5, 5.41) is 16.3. The highest BCUT2D eigenvalue weighted by molar-refractivity contribution is 7.80. The van der Waals surface area contributed by atoms with Crippen molar-refractivity contribution >= 4 is 23.0 Å². The zero-order valence-electron chi connectivity index (χ0n) is 11.5. The topological polar surface area (TPSA) is 53.5 Å². The molecule has 0 aliphatic rings. The second-order valence-electron chi connectivity index (χ2n) is 4.48. The Balaban J connectivity index is 1.66. The van der Waals surface area contributed by atoms with Crippen molar-refractivity contribution in [3.63, 3.8) is 0 Å². The number of para-hydroxylation sites is 2. The lowest BCUT2D eigenvalue weighted by Crippen LogP contribution is -2.37. The van der Waals surface area contributed by atoms with Crippen LogP contribution in [0.2, 0.25) is 0 Å². The first-order valence-corrected chi connectivity index (χ1v) is 7.10. The van der Waals surface area contributed by atoms with E-state index in [0.29, 0.717) is 11.7 Å². The molecule has 2 rings (SSSR count). The third-order valence-electron chi connectivity index (χ3n) is 2.72. The van der Waals surface area contributed by atoms with Gasteiger partial charge in [-0.3, -0.25) is 0 Å². The zero-order valence-corrected chi connectivity index (χ0v) is 12.3. The van der Waals surface area contributed by atoms with Crippen LogP contribution in [0.25, 0.3) is 0 Å². The lowest BCUT2D eigenvalue weighted by molar-refractivity contribution is 0.110. The molecular weight excluding hydrogens is 284 g/mol. The Kier molecular flexibility index (Phi) is 5.99. The minimum atomic E-state index is -0.638. The van der Waals surface area contributed by atoms with E-state index in [2.05, 4.69) is 10.6 Å². The Morgan fingerprint density at radius 1 is 1.05 bits per heavy atom. The van der Waals surface area contributed by atoms with Crippen LogP contribution in [0.15, 0.2) is 60.7 Å². The van der Waals surface area contributed by atoms with Gasteiger partial charge in [0.2, 0.25) is 0 Å². The summed E-state index contributed by atoms with van der Waals surface area (Å²) in [5.74, 6) is 0.738. The van der Waals surface area contributed by atoms with Crippen LogP contribution in [0, 0.1) is 0 Å². The van der Waals surface area contributed by atoms with Crippen molar-refractivity contribution in [1.82, 2.24) is 5.32 Å². The number of hydrogen-bond donors (Lipinski definition) is 3. The number of aliphatic hydroxyl groups is 1. The van der Waals surface area contributed by atoms with Gasteiger partial charge in [-0.1, -0.05) is 36.4 Å². The molecule has 1 atom stereocenters. The van der Waals surface area contributed by atoms with E-state index in [1.54, 1.807) is 0 Å². The minimum Gasteiger partial charge on any atom is -0.491 e. The Morgan fingerprint density at radius 2 is 1.67 bits per heavy atom. The molecule has 4 nitrogen and oxygen atoms in total. The highest BCUT2D eigenvalue weighted by Gasteiger charge is 2.06. The second-order valence-corrected chi connectivity index (χ2v) is 4.89. The fourth-order valence-corrected chi connectivity index (χ4v) is 1.88. The number of aliphatic hydroxyl groups excluding tert-OH is 1.